The van der Waals surface area contributed by atoms with Crippen LogP contribution in [0.2, 0.25) is 0 Å². The Hall–Kier alpha value is -3.22. The predicted molar refractivity (Wildman–Crippen MR) is 124 cm³/mol. The van der Waals surface area contributed by atoms with Gasteiger partial charge in [-0.3, -0.25) is 4.79 Å². The van der Waals surface area contributed by atoms with Crippen LogP contribution in [0.5, 0.6) is 11.5 Å². The molecule has 32 heavy (non-hydrogen) atoms. The molecule has 0 radical (unpaired) electrons. The number of carbonyl (C=O) groups is 2. The number of nitrogens with one attached hydrogen (secondary N) is 2. The Kier molecular flexibility index (Phi) is 8.36. The van der Waals surface area contributed by atoms with Gasteiger partial charge in [0, 0.05) is 19.5 Å². The number of nitrogens with zero attached hydrogens (tertiary/aromatic N) is 1. The van der Waals surface area contributed by atoms with Crippen LogP contribution >= 0.6 is 0 Å². The predicted octanol–water partition coefficient (Wildman–Crippen LogP) is 3.69. The summed E-state index contributed by atoms with van der Waals surface area (Å²) in [6.07, 6.45) is 0.988. The van der Waals surface area contributed by atoms with E-state index in [2.05, 4.69) is 10.6 Å². The number of benzene rings is 2. The van der Waals surface area contributed by atoms with Gasteiger partial charge in [0.1, 0.15) is 0 Å². The van der Waals surface area contributed by atoms with E-state index in [1.165, 1.54) is 0 Å². The maximum Gasteiger partial charge on any atom is 0.315 e. The highest BCUT2D eigenvalue weighted by Gasteiger charge is 2.33. The Morgan fingerprint density at radius 2 is 1.81 bits per heavy atom. The van der Waals surface area contributed by atoms with Gasteiger partial charge in [-0.1, -0.05) is 36.4 Å². The lowest BCUT2D eigenvalue weighted by atomic mass is 10.1. The number of rotatable bonds is 10. The fraction of sp³-hybridized carbons (Fsp3) is 0.440. The SMILES string of the molecule is CCOc1ccc(CCNC(=O)NC2CC(=O)N(C(C)c3ccccc3)C2)cc1OCC. The van der Waals surface area contributed by atoms with Gasteiger partial charge in [0.05, 0.1) is 25.3 Å². The summed E-state index contributed by atoms with van der Waals surface area (Å²) in [5.74, 6) is 1.50. The molecule has 7 heteroatoms. The molecule has 0 saturated carbocycles. The van der Waals surface area contributed by atoms with E-state index in [0.717, 1.165) is 16.9 Å². The summed E-state index contributed by atoms with van der Waals surface area (Å²) in [6.45, 7) is 8.02. The largest absolute Gasteiger partial charge is 0.490 e. The van der Waals surface area contributed by atoms with Crippen molar-refractivity contribution in [1.29, 1.82) is 0 Å². The van der Waals surface area contributed by atoms with Crippen LogP contribution in [-0.4, -0.2) is 49.2 Å². The van der Waals surface area contributed by atoms with Crippen LogP contribution in [0.4, 0.5) is 4.79 Å². The molecule has 1 heterocycles. The average molecular weight is 440 g/mol. The summed E-state index contributed by atoms with van der Waals surface area (Å²) in [6, 6.07) is 15.3. The van der Waals surface area contributed by atoms with Crippen molar-refractivity contribution in [3.8, 4) is 11.5 Å². The third-order valence-electron chi connectivity index (χ3n) is 5.55. The van der Waals surface area contributed by atoms with Gasteiger partial charge in [-0.15, -0.1) is 0 Å². The maximum atomic E-state index is 12.5. The summed E-state index contributed by atoms with van der Waals surface area (Å²) < 4.78 is 11.2. The summed E-state index contributed by atoms with van der Waals surface area (Å²) in [4.78, 5) is 26.7. The van der Waals surface area contributed by atoms with E-state index < -0.39 is 0 Å². The first kappa shape index (κ1) is 23.4. The fourth-order valence-electron chi connectivity index (χ4n) is 3.92. The number of urea groups is 1. The fourth-order valence-corrected chi connectivity index (χ4v) is 3.92. The molecule has 2 atom stereocenters. The minimum Gasteiger partial charge on any atom is -0.490 e. The van der Waals surface area contributed by atoms with Gasteiger partial charge in [-0.2, -0.15) is 0 Å². The zero-order valence-electron chi connectivity index (χ0n) is 19.1. The third-order valence-corrected chi connectivity index (χ3v) is 5.55. The second-order valence-electron chi connectivity index (χ2n) is 7.83. The summed E-state index contributed by atoms with van der Waals surface area (Å²) in [5, 5.41) is 5.82. The minimum absolute atomic E-state index is 0.0160. The van der Waals surface area contributed by atoms with Gasteiger partial charge in [0.2, 0.25) is 5.91 Å². The van der Waals surface area contributed by atoms with Gasteiger partial charge in [0.25, 0.3) is 0 Å². The zero-order valence-corrected chi connectivity index (χ0v) is 19.1. The highest BCUT2D eigenvalue weighted by Crippen LogP contribution is 2.29. The Balaban J connectivity index is 1.46. The van der Waals surface area contributed by atoms with Gasteiger partial charge < -0.3 is 25.0 Å². The Morgan fingerprint density at radius 3 is 2.53 bits per heavy atom. The van der Waals surface area contributed by atoms with Crippen molar-refractivity contribution in [2.75, 3.05) is 26.3 Å². The highest BCUT2D eigenvalue weighted by atomic mass is 16.5. The molecule has 1 aliphatic heterocycles. The summed E-state index contributed by atoms with van der Waals surface area (Å²) in [7, 11) is 0. The average Bonchev–Trinajstić information content (AvgIpc) is 3.15. The van der Waals surface area contributed by atoms with E-state index in [4.69, 9.17) is 9.47 Å². The standard InChI is InChI=1S/C25H33N3O4/c1-4-31-22-12-11-19(15-23(22)32-5-2)13-14-26-25(30)27-21-16-24(29)28(17-21)18(3)20-9-7-6-8-10-20/h6-12,15,18,21H,4-5,13-14,16-17H2,1-3H3,(H2,26,27,30). The van der Waals surface area contributed by atoms with E-state index in [1.807, 2.05) is 74.2 Å². The third kappa shape index (κ3) is 6.15. The molecular formula is C25H33N3O4. The number of hydrogen-bond acceptors (Lipinski definition) is 4. The van der Waals surface area contributed by atoms with E-state index in [1.54, 1.807) is 0 Å². The first-order valence-electron chi connectivity index (χ1n) is 11.3. The topological polar surface area (TPSA) is 79.9 Å². The molecule has 7 nitrogen and oxygen atoms in total. The van der Waals surface area contributed by atoms with E-state index in [-0.39, 0.29) is 24.0 Å². The molecule has 3 rings (SSSR count). The molecule has 172 valence electrons. The quantitative estimate of drug-likeness (QED) is 0.592. The van der Waals surface area contributed by atoms with Crippen LogP contribution in [0.25, 0.3) is 0 Å². The lowest BCUT2D eigenvalue weighted by molar-refractivity contribution is -0.129. The van der Waals surface area contributed by atoms with Crippen LogP contribution in [-0.2, 0) is 11.2 Å². The molecule has 0 spiro atoms. The van der Waals surface area contributed by atoms with E-state index in [9.17, 15) is 9.59 Å². The Bertz CT molecular complexity index is 903. The van der Waals surface area contributed by atoms with Crippen LogP contribution < -0.4 is 20.1 Å². The molecule has 0 bridgehead atoms. The molecule has 2 N–H and O–H groups in total. The molecular weight excluding hydrogens is 406 g/mol. The second kappa shape index (κ2) is 11.4. The van der Waals surface area contributed by atoms with Crippen molar-refractivity contribution in [3.05, 3.63) is 59.7 Å². The van der Waals surface area contributed by atoms with Crippen LogP contribution in [0, 0.1) is 0 Å². The molecule has 2 aromatic rings. The number of carbonyl (C=O) groups excluding carboxylic acids is 2. The van der Waals surface area contributed by atoms with Gasteiger partial charge in [-0.05, 0) is 50.5 Å². The Labute approximate surface area is 190 Å². The zero-order chi connectivity index (χ0) is 22.9. The van der Waals surface area contributed by atoms with Gasteiger partial charge >= 0.3 is 6.03 Å². The van der Waals surface area contributed by atoms with Gasteiger partial charge in [-0.25, -0.2) is 4.79 Å². The van der Waals surface area contributed by atoms with Crippen molar-refractivity contribution in [3.63, 3.8) is 0 Å². The second-order valence-corrected chi connectivity index (χ2v) is 7.83. The number of hydrogen-bond donors (Lipinski definition) is 2. The lowest BCUT2D eigenvalue weighted by Crippen LogP contribution is -2.44. The number of amides is 3. The van der Waals surface area contributed by atoms with Crippen LogP contribution in [0.15, 0.2) is 48.5 Å². The number of ether oxygens (including phenoxy) is 2. The molecule has 0 aliphatic carbocycles. The lowest BCUT2D eigenvalue weighted by Gasteiger charge is -2.25. The molecule has 2 unspecified atom stereocenters. The highest BCUT2D eigenvalue weighted by molar-refractivity contribution is 5.82. The molecule has 0 aromatic heterocycles. The molecule has 1 aliphatic rings. The Morgan fingerprint density at radius 1 is 1.09 bits per heavy atom. The van der Waals surface area contributed by atoms with Crippen LogP contribution in [0.3, 0.4) is 0 Å². The van der Waals surface area contributed by atoms with E-state index >= 15 is 0 Å². The first-order chi connectivity index (χ1) is 15.5. The van der Waals surface area contributed by atoms with Crippen LogP contribution in [0.1, 0.15) is 44.4 Å². The molecule has 2 aromatic carbocycles. The summed E-state index contributed by atoms with van der Waals surface area (Å²) >= 11 is 0. The maximum absolute atomic E-state index is 12.5. The van der Waals surface area contributed by atoms with Crippen molar-refractivity contribution < 1.29 is 19.1 Å². The van der Waals surface area contributed by atoms with Crippen molar-refractivity contribution in [2.45, 2.75) is 45.7 Å². The molecule has 1 saturated heterocycles. The first-order valence-corrected chi connectivity index (χ1v) is 11.3. The minimum atomic E-state index is -0.256. The monoisotopic (exact) mass is 439 g/mol. The molecule has 3 amide bonds. The van der Waals surface area contributed by atoms with Crippen molar-refractivity contribution >= 4 is 11.9 Å². The summed E-state index contributed by atoms with van der Waals surface area (Å²) in [5.41, 5.74) is 2.14. The van der Waals surface area contributed by atoms with Gasteiger partial charge in [0.15, 0.2) is 11.5 Å². The normalized spacial score (nSPS) is 16.5. The smallest absolute Gasteiger partial charge is 0.315 e. The molecule has 1 fully saturated rings. The number of likely N-dealkylation sites (tertiary alicyclic amines) is 1. The van der Waals surface area contributed by atoms with E-state index in [0.29, 0.717) is 44.9 Å². The van der Waals surface area contributed by atoms with Crippen molar-refractivity contribution in [2.24, 2.45) is 0 Å². The van der Waals surface area contributed by atoms with Crippen molar-refractivity contribution in [1.82, 2.24) is 15.5 Å².